The van der Waals surface area contributed by atoms with Gasteiger partial charge in [0, 0.05) is 44.6 Å². The Morgan fingerprint density at radius 3 is 1.42 bits per heavy atom. The Labute approximate surface area is 293 Å². The van der Waals surface area contributed by atoms with Crippen LogP contribution in [0.1, 0.15) is 72.6 Å². The van der Waals surface area contributed by atoms with Gasteiger partial charge >= 0.3 is 0 Å². The van der Waals surface area contributed by atoms with E-state index in [0.717, 1.165) is 33.8 Å². The lowest BCUT2D eigenvalue weighted by molar-refractivity contribution is 0.417. The first-order valence-electron chi connectivity index (χ1n) is 17.3. The minimum Gasteiger partial charge on any atom is -0.457 e. The third-order valence-corrected chi connectivity index (χ3v) is 10.7. The number of benzene rings is 6. The second kappa shape index (κ2) is 11.3. The molecule has 7 aromatic rings. The molecule has 0 bridgehead atoms. The zero-order chi connectivity index (χ0) is 34.0. The summed E-state index contributed by atoms with van der Waals surface area (Å²) in [6.45, 7) is 9.28. The number of ether oxygens (including phenoxy) is 1. The zero-order valence-corrected chi connectivity index (χ0v) is 28.7. The van der Waals surface area contributed by atoms with Crippen molar-refractivity contribution in [2.24, 2.45) is 0 Å². The van der Waals surface area contributed by atoms with Gasteiger partial charge in [-0.25, -0.2) is 15.0 Å². The van der Waals surface area contributed by atoms with Gasteiger partial charge in [0.25, 0.3) is 0 Å². The van der Waals surface area contributed by atoms with E-state index in [9.17, 15) is 0 Å². The second-order valence-electron chi connectivity index (χ2n) is 14.5. The van der Waals surface area contributed by atoms with Gasteiger partial charge in [-0.05, 0) is 52.1 Å². The van der Waals surface area contributed by atoms with Gasteiger partial charge in [-0.1, -0.05) is 149 Å². The molecule has 6 aromatic carbocycles. The fourth-order valence-electron chi connectivity index (χ4n) is 8.06. The molecule has 50 heavy (non-hydrogen) atoms. The van der Waals surface area contributed by atoms with Crippen LogP contribution >= 0.6 is 0 Å². The van der Waals surface area contributed by atoms with Gasteiger partial charge in [-0.2, -0.15) is 0 Å². The minimum atomic E-state index is -0.348. The van der Waals surface area contributed by atoms with Crippen LogP contribution in [0, 0.1) is 0 Å². The maximum atomic E-state index is 6.65. The van der Waals surface area contributed by atoms with Crippen LogP contribution in [0.4, 0.5) is 0 Å². The molecular formula is C46H37N3O. The predicted molar refractivity (Wildman–Crippen MR) is 201 cm³/mol. The first-order valence-corrected chi connectivity index (χ1v) is 17.3. The molecule has 242 valence electrons. The number of hydrogen-bond donors (Lipinski definition) is 0. The van der Waals surface area contributed by atoms with E-state index in [1.807, 2.05) is 60.7 Å². The summed E-state index contributed by atoms with van der Waals surface area (Å²) in [5.74, 6) is 3.81. The van der Waals surface area contributed by atoms with Crippen molar-refractivity contribution in [3.63, 3.8) is 0 Å². The lowest BCUT2D eigenvalue weighted by Crippen LogP contribution is -2.30. The number of rotatable bonds is 4. The van der Waals surface area contributed by atoms with E-state index in [-0.39, 0.29) is 16.7 Å². The number of nitrogens with zero attached hydrogens (tertiary/aromatic N) is 3. The molecule has 0 atom stereocenters. The fraction of sp³-hybridized carbons (Fsp3) is 0.152. The topological polar surface area (TPSA) is 47.9 Å². The van der Waals surface area contributed by atoms with Crippen LogP contribution in [0.2, 0.25) is 0 Å². The SMILES string of the molecule is CC1(C)c2cc(-c3nc(-c4ccccc4)nc(-c4ccccc4)n3)ccc2Oc2ccc(C3c4ccccc4C(C)(C)c4ccccc43)cc21. The van der Waals surface area contributed by atoms with Crippen molar-refractivity contribution in [2.45, 2.75) is 44.4 Å². The normalized spacial score (nSPS) is 15.2. The lowest BCUT2D eigenvalue weighted by Gasteiger charge is -2.40. The highest BCUT2D eigenvalue weighted by atomic mass is 16.5. The molecule has 0 saturated heterocycles. The van der Waals surface area contributed by atoms with Crippen molar-refractivity contribution < 1.29 is 4.74 Å². The van der Waals surface area contributed by atoms with Crippen LogP contribution < -0.4 is 4.74 Å². The molecule has 9 rings (SSSR count). The van der Waals surface area contributed by atoms with E-state index in [4.69, 9.17) is 19.7 Å². The monoisotopic (exact) mass is 647 g/mol. The lowest BCUT2D eigenvalue weighted by atomic mass is 9.63. The molecule has 1 aliphatic carbocycles. The molecule has 1 aromatic heterocycles. The Balaban J connectivity index is 1.16. The van der Waals surface area contributed by atoms with Crippen molar-refractivity contribution in [3.05, 3.63) is 185 Å². The van der Waals surface area contributed by atoms with E-state index in [1.165, 1.54) is 33.4 Å². The summed E-state index contributed by atoms with van der Waals surface area (Å²) in [6, 6.07) is 51.2. The molecule has 0 N–H and O–H groups in total. The number of hydrogen-bond acceptors (Lipinski definition) is 4. The number of aromatic nitrogens is 3. The third kappa shape index (κ3) is 4.78. The molecule has 2 heterocycles. The third-order valence-electron chi connectivity index (χ3n) is 10.7. The van der Waals surface area contributed by atoms with Gasteiger partial charge < -0.3 is 4.74 Å². The van der Waals surface area contributed by atoms with Gasteiger partial charge in [0.15, 0.2) is 17.5 Å². The molecule has 0 saturated carbocycles. The van der Waals surface area contributed by atoms with Gasteiger partial charge in [0.2, 0.25) is 0 Å². The summed E-state index contributed by atoms with van der Waals surface area (Å²) in [4.78, 5) is 14.9. The average Bonchev–Trinajstić information content (AvgIpc) is 3.16. The van der Waals surface area contributed by atoms with E-state index in [2.05, 4.69) is 113 Å². The number of fused-ring (bicyclic) bond motifs is 4. The van der Waals surface area contributed by atoms with Gasteiger partial charge in [-0.3, -0.25) is 0 Å². The molecule has 1 aliphatic heterocycles. The van der Waals surface area contributed by atoms with Crippen molar-refractivity contribution in [2.75, 3.05) is 0 Å². The van der Waals surface area contributed by atoms with Crippen LogP contribution in [0.5, 0.6) is 11.5 Å². The highest BCUT2D eigenvalue weighted by Crippen LogP contribution is 2.53. The van der Waals surface area contributed by atoms with Crippen molar-refractivity contribution in [1.82, 2.24) is 15.0 Å². The highest BCUT2D eigenvalue weighted by molar-refractivity contribution is 5.70. The smallest absolute Gasteiger partial charge is 0.164 e. The summed E-state index contributed by atoms with van der Waals surface area (Å²) in [6.07, 6.45) is 0. The fourth-order valence-corrected chi connectivity index (χ4v) is 8.06. The van der Waals surface area contributed by atoms with Crippen molar-refractivity contribution in [3.8, 4) is 45.7 Å². The molecule has 4 heteroatoms. The average molecular weight is 648 g/mol. The van der Waals surface area contributed by atoms with E-state index in [1.54, 1.807) is 0 Å². The van der Waals surface area contributed by atoms with Crippen LogP contribution in [0.25, 0.3) is 34.2 Å². The Bertz CT molecular complexity index is 2310. The standard InChI is InChI=1S/C46H37N3O/c1-45(2)35-21-13-11-19-33(35)41(34-20-12-14-22-36(34)45)31-23-25-39-37(27-31)46(3,4)38-28-32(24-26-40(38)50-39)44-48-42(29-15-7-5-8-16-29)47-43(49-44)30-17-9-6-10-18-30/h5-28,41H,1-4H3. The Hall–Kier alpha value is -5.87. The van der Waals surface area contributed by atoms with Crippen molar-refractivity contribution in [1.29, 1.82) is 0 Å². The van der Waals surface area contributed by atoms with E-state index >= 15 is 0 Å². The zero-order valence-electron chi connectivity index (χ0n) is 28.7. The minimum absolute atomic E-state index is 0.0780. The van der Waals surface area contributed by atoms with Gasteiger partial charge in [-0.15, -0.1) is 0 Å². The maximum Gasteiger partial charge on any atom is 0.164 e. The molecule has 4 nitrogen and oxygen atoms in total. The first kappa shape index (κ1) is 30.2. The Morgan fingerprint density at radius 1 is 0.420 bits per heavy atom. The molecule has 0 radical (unpaired) electrons. The Morgan fingerprint density at radius 2 is 0.860 bits per heavy atom. The van der Waals surface area contributed by atoms with E-state index in [0.29, 0.717) is 17.5 Å². The molecule has 0 fully saturated rings. The molecular weight excluding hydrogens is 611 g/mol. The first-order chi connectivity index (χ1) is 24.3. The van der Waals surface area contributed by atoms with Crippen LogP contribution in [0.3, 0.4) is 0 Å². The summed E-state index contributed by atoms with van der Waals surface area (Å²) in [7, 11) is 0. The summed E-state index contributed by atoms with van der Waals surface area (Å²) in [5.41, 5.74) is 11.4. The largest absolute Gasteiger partial charge is 0.457 e. The summed E-state index contributed by atoms with van der Waals surface area (Å²) < 4.78 is 6.65. The highest BCUT2D eigenvalue weighted by Gasteiger charge is 2.40. The van der Waals surface area contributed by atoms with Crippen LogP contribution in [-0.4, -0.2) is 15.0 Å². The van der Waals surface area contributed by atoms with Crippen molar-refractivity contribution >= 4 is 0 Å². The van der Waals surface area contributed by atoms with E-state index < -0.39 is 0 Å². The van der Waals surface area contributed by atoms with Crippen LogP contribution in [0.15, 0.2) is 146 Å². The van der Waals surface area contributed by atoms with Crippen LogP contribution in [-0.2, 0) is 10.8 Å². The second-order valence-corrected chi connectivity index (χ2v) is 14.5. The maximum absolute atomic E-state index is 6.65. The quantitative estimate of drug-likeness (QED) is 0.191. The van der Waals surface area contributed by atoms with Gasteiger partial charge in [0.1, 0.15) is 11.5 Å². The van der Waals surface area contributed by atoms with Gasteiger partial charge in [0.05, 0.1) is 0 Å². The predicted octanol–water partition coefficient (Wildman–Crippen LogP) is 11.1. The Kier molecular flexibility index (Phi) is 6.86. The summed E-state index contributed by atoms with van der Waals surface area (Å²) in [5, 5.41) is 0. The molecule has 0 unspecified atom stereocenters. The molecule has 2 aliphatic rings. The molecule has 0 spiro atoms. The molecule has 0 amide bonds. The summed E-state index contributed by atoms with van der Waals surface area (Å²) >= 11 is 0.